The van der Waals surface area contributed by atoms with E-state index < -0.39 is 0 Å². The third-order valence-corrected chi connectivity index (χ3v) is 7.00. The molecule has 1 spiro atoms. The largest absolute Gasteiger partial charge is 0.337 e. The van der Waals surface area contributed by atoms with Gasteiger partial charge in [0.2, 0.25) is 0 Å². The average molecular weight is 331 g/mol. The van der Waals surface area contributed by atoms with E-state index >= 15 is 0 Å². The molecule has 4 rings (SSSR count). The highest BCUT2D eigenvalue weighted by atomic mass is 15.2. The molecule has 24 heavy (non-hydrogen) atoms. The third-order valence-electron chi connectivity index (χ3n) is 7.00. The summed E-state index contributed by atoms with van der Waals surface area (Å²) in [6, 6.07) is 0.805. The lowest BCUT2D eigenvalue weighted by Crippen LogP contribution is -2.37. The molecule has 1 atom stereocenters. The Bertz CT molecular complexity index is 525. The second-order valence-corrected chi connectivity index (χ2v) is 8.55. The maximum Gasteiger partial charge on any atom is 0.122 e. The minimum atomic E-state index is 0.628. The van der Waals surface area contributed by atoms with Crippen molar-refractivity contribution in [2.45, 2.75) is 70.4 Å². The fourth-order valence-electron chi connectivity index (χ4n) is 5.20. The van der Waals surface area contributed by atoms with Gasteiger partial charge in [0.05, 0.1) is 6.54 Å². The minimum Gasteiger partial charge on any atom is -0.337 e. The number of aryl methyl sites for hydroxylation is 1. The van der Waals surface area contributed by atoms with Gasteiger partial charge in [0.25, 0.3) is 0 Å². The summed E-state index contributed by atoms with van der Waals surface area (Å²) in [5, 5.41) is 3.54. The maximum atomic E-state index is 4.60. The molecule has 2 heterocycles. The van der Waals surface area contributed by atoms with Gasteiger partial charge in [0.1, 0.15) is 5.82 Å². The second kappa shape index (κ2) is 7.17. The van der Waals surface area contributed by atoms with Gasteiger partial charge in [-0.3, -0.25) is 4.90 Å². The van der Waals surface area contributed by atoms with Crippen LogP contribution in [-0.4, -0.2) is 40.1 Å². The molecule has 134 valence electrons. The fraction of sp³-hybridized carbons (Fsp3) is 0.850. The van der Waals surface area contributed by atoms with Gasteiger partial charge >= 0.3 is 0 Å². The average Bonchev–Trinajstić information content (AvgIpc) is 3.14. The molecule has 0 bridgehead atoms. The van der Waals surface area contributed by atoms with E-state index in [9.17, 15) is 0 Å². The zero-order valence-electron chi connectivity index (χ0n) is 15.3. The van der Waals surface area contributed by atoms with E-state index in [2.05, 4.69) is 33.0 Å². The molecule has 1 saturated heterocycles. The molecule has 0 amide bonds. The summed E-state index contributed by atoms with van der Waals surface area (Å²) in [5.74, 6) is 2.21. The number of nitrogens with zero attached hydrogens (tertiary/aromatic N) is 3. The maximum absolute atomic E-state index is 4.60. The Morgan fingerprint density at radius 3 is 2.75 bits per heavy atom. The van der Waals surface area contributed by atoms with Crippen molar-refractivity contribution < 1.29 is 0 Å². The Labute approximate surface area is 147 Å². The Hall–Kier alpha value is -0.870. The van der Waals surface area contributed by atoms with Crippen LogP contribution in [-0.2, 0) is 13.6 Å². The van der Waals surface area contributed by atoms with Crippen molar-refractivity contribution >= 4 is 0 Å². The van der Waals surface area contributed by atoms with Gasteiger partial charge in [0, 0.05) is 25.5 Å². The van der Waals surface area contributed by atoms with Crippen molar-refractivity contribution in [3.63, 3.8) is 0 Å². The van der Waals surface area contributed by atoms with Crippen LogP contribution in [0.3, 0.4) is 0 Å². The standard InChI is InChI=1S/C20H34N4/c1-23-14-12-22-19(23)16-24(13-7-17-5-3-2-4-6-17)18-15-20(18)8-10-21-11-9-20/h12,14,17-18,21H,2-11,13,15-16H2,1H3. The van der Waals surface area contributed by atoms with E-state index in [1.54, 1.807) is 0 Å². The van der Waals surface area contributed by atoms with Crippen LogP contribution in [0.1, 0.15) is 63.6 Å². The van der Waals surface area contributed by atoms with Crippen molar-refractivity contribution in [3.8, 4) is 0 Å². The van der Waals surface area contributed by atoms with Gasteiger partial charge in [-0.1, -0.05) is 32.1 Å². The van der Waals surface area contributed by atoms with Crippen molar-refractivity contribution in [2.24, 2.45) is 18.4 Å². The molecule has 3 aliphatic rings. The predicted octanol–water partition coefficient (Wildman–Crippen LogP) is 3.33. The Morgan fingerprint density at radius 1 is 1.25 bits per heavy atom. The van der Waals surface area contributed by atoms with Crippen molar-refractivity contribution in [1.82, 2.24) is 19.8 Å². The summed E-state index contributed by atoms with van der Waals surface area (Å²) >= 11 is 0. The highest BCUT2D eigenvalue weighted by molar-refractivity contribution is 5.11. The first-order valence-corrected chi connectivity index (χ1v) is 10.2. The molecule has 1 N–H and O–H groups in total. The molecule has 0 radical (unpaired) electrons. The number of nitrogens with one attached hydrogen (secondary N) is 1. The quantitative estimate of drug-likeness (QED) is 0.868. The second-order valence-electron chi connectivity index (χ2n) is 8.55. The summed E-state index contributed by atoms with van der Waals surface area (Å²) in [6.07, 6.45) is 16.9. The number of imidazole rings is 1. The van der Waals surface area contributed by atoms with E-state index in [1.807, 2.05) is 6.20 Å². The third kappa shape index (κ3) is 3.55. The van der Waals surface area contributed by atoms with E-state index in [0.29, 0.717) is 5.41 Å². The van der Waals surface area contributed by atoms with Gasteiger partial charge in [-0.25, -0.2) is 4.98 Å². The van der Waals surface area contributed by atoms with Gasteiger partial charge in [0.15, 0.2) is 0 Å². The van der Waals surface area contributed by atoms with Crippen LogP contribution in [0.4, 0.5) is 0 Å². The van der Waals surface area contributed by atoms with E-state index in [4.69, 9.17) is 0 Å². The Morgan fingerprint density at radius 2 is 2.04 bits per heavy atom. The summed E-state index contributed by atoms with van der Waals surface area (Å²) < 4.78 is 2.20. The highest BCUT2D eigenvalue weighted by Crippen LogP contribution is 2.56. The van der Waals surface area contributed by atoms with E-state index in [0.717, 1.165) is 18.5 Å². The van der Waals surface area contributed by atoms with Crippen LogP contribution >= 0.6 is 0 Å². The van der Waals surface area contributed by atoms with Crippen molar-refractivity contribution in [1.29, 1.82) is 0 Å². The first-order valence-electron chi connectivity index (χ1n) is 10.2. The summed E-state index contributed by atoms with van der Waals surface area (Å²) in [4.78, 5) is 7.40. The monoisotopic (exact) mass is 330 g/mol. The number of piperidine rings is 1. The van der Waals surface area contributed by atoms with Crippen LogP contribution in [0.2, 0.25) is 0 Å². The van der Waals surface area contributed by atoms with Crippen LogP contribution < -0.4 is 5.32 Å². The van der Waals surface area contributed by atoms with Crippen LogP contribution in [0.25, 0.3) is 0 Å². The molecule has 1 aromatic rings. The number of hydrogen-bond acceptors (Lipinski definition) is 3. The number of rotatable bonds is 6. The number of hydrogen-bond donors (Lipinski definition) is 1. The lowest BCUT2D eigenvalue weighted by atomic mass is 9.87. The molecular weight excluding hydrogens is 296 g/mol. The lowest BCUT2D eigenvalue weighted by molar-refractivity contribution is 0.171. The fourth-order valence-corrected chi connectivity index (χ4v) is 5.20. The van der Waals surface area contributed by atoms with Crippen LogP contribution in [0.5, 0.6) is 0 Å². The molecule has 1 aromatic heterocycles. The first kappa shape index (κ1) is 16.6. The van der Waals surface area contributed by atoms with Crippen molar-refractivity contribution in [2.75, 3.05) is 19.6 Å². The van der Waals surface area contributed by atoms with Crippen LogP contribution in [0, 0.1) is 11.3 Å². The zero-order chi connectivity index (χ0) is 16.4. The molecule has 1 aliphatic heterocycles. The summed E-state index contributed by atoms with van der Waals surface area (Å²) in [6.45, 7) is 4.75. The van der Waals surface area contributed by atoms with E-state index in [1.165, 1.54) is 83.2 Å². The Balaban J connectivity index is 1.40. The van der Waals surface area contributed by atoms with Gasteiger partial charge < -0.3 is 9.88 Å². The van der Waals surface area contributed by atoms with E-state index in [-0.39, 0.29) is 0 Å². The SMILES string of the molecule is Cn1ccnc1CN(CCC1CCCCC1)C1CC12CCNCC2. The predicted molar refractivity (Wildman–Crippen MR) is 97.8 cm³/mol. The zero-order valence-corrected chi connectivity index (χ0v) is 15.3. The topological polar surface area (TPSA) is 33.1 Å². The smallest absolute Gasteiger partial charge is 0.122 e. The Kier molecular flexibility index (Phi) is 4.95. The number of aromatic nitrogens is 2. The summed E-state index contributed by atoms with van der Waals surface area (Å²) in [7, 11) is 2.13. The molecule has 0 aromatic carbocycles. The highest BCUT2D eigenvalue weighted by Gasteiger charge is 2.56. The molecule has 2 aliphatic carbocycles. The van der Waals surface area contributed by atoms with Gasteiger partial charge in [-0.2, -0.15) is 0 Å². The first-order chi connectivity index (χ1) is 11.8. The molecule has 1 unspecified atom stereocenters. The lowest BCUT2D eigenvalue weighted by Gasteiger charge is -2.31. The summed E-state index contributed by atoms with van der Waals surface area (Å²) in [5.41, 5.74) is 0.628. The molecule has 4 nitrogen and oxygen atoms in total. The van der Waals surface area contributed by atoms with Gasteiger partial charge in [-0.15, -0.1) is 0 Å². The molecule has 4 heteroatoms. The van der Waals surface area contributed by atoms with Crippen LogP contribution in [0.15, 0.2) is 12.4 Å². The molecule has 3 fully saturated rings. The normalized spacial score (nSPS) is 27.0. The van der Waals surface area contributed by atoms with Crippen molar-refractivity contribution in [3.05, 3.63) is 18.2 Å². The molecule has 2 saturated carbocycles. The van der Waals surface area contributed by atoms with Gasteiger partial charge in [-0.05, 0) is 56.7 Å². The molecular formula is C20H34N4. The minimum absolute atomic E-state index is 0.628.